The van der Waals surface area contributed by atoms with Crippen LogP contribution in [0.1, 0.15) is 37.9 Å². The topological polar surface area (TPSA) is 41.6 Å². The third-order valence-corrected chi connectivity index (χ3v) is 4.87. The number of amides is 1. The molecule has 110 valence electrons. The second kappa shape index (κ2) is 6.24. The van der Waals surface area contributed by atoms with Crippen LogP contribution in [0.25, 0.3) is 0 Å². The van der Waals surface area contributed by atoms with Gasteiger partial charge in [0.15, 0.2) is 0 Å². The van der Waals surface area contributed by atoms with Crippen LogP contribution in [-0.4, -0.2) is 36.6 Å². The van der Waals surface area contributed by atoms with E-state index in [0.29, 0.717) is 5.92 Å². The molecule has 1 N–H and O–H groups in total. The lowest BCUT2D eigenvalue weighted by Crippen LogP contribution is -2.35. The van der Waals surface area contributed by atoms with E-state index in [1.807, 2.05) is 4.90 Å². The van der Waals surface area contributed by atoms with Gasteiger partial charge in [-0.15, -0.1) is 0 Å². The van der Waals surface area contributed by atoms with Crippen LogP contribution in [0.2, 0.25) is 0 Å². The highest BCUT2D eigenvalue weighted by molar-refractivity contribution is 7.07. The second-order valence-electron chi connectivity index (χ2n) is 5.69. The Labute approximate surface area is 124 Å². The molecule has 0 bridgehead atoms. The summed E-state index contributed by atoms with van der Waals surface area (Å²) in [5.41, 5.74) is 1.21. The van der Waals surface area contributed by atoms with Crippen molar-refractivity contribution >= 4 is 17.2 Å². The lowest BCUT2D eigenvalue weighted by Gasteiger charge is -2.26. The van der Waals surface area contributed by atoms with Gasteiger partial charge in [0.1, 0.15) is 6.17 Å². The molecule has 2 aliphatic heterocycles. The van der Waals surface area contributed by atoms with Crippen molar-refractivity contribution in [2.45, 2.75) is 38.4 Å². The minimum atomic E-state index is -0.0211. The molecule has 0 radical (unpaired) electrons. The maximum Gasteiger partial charge on any atom is 0.241 e. The molecule has 0 aliphatic carbocycles. The zero-order chi connectivity index (χ0) is 13.9. The monoisotopic (exact) mass is 294 g/mol. The van der Waals surface area contributed by atoms with Gasteiger partial charge in [-0.2, -0.15) is 11.3 Å². The first kappa shape index (κ1) is 14.0. The van der Waals surface area contributed by atoms with Gasteiger partial charge in [-0.3, -0.25) is 10.1 Å². The van der Waals surface area contributed by atoms with Crippen molar-refractivity contribution in [1.82, 2.24) is 10.2 Å². The van der Waals surface area contributed by atoms with Crippen LogP contribution in [0.4, 0.5) is 0 Å². The van der Waals surface area contributed by atoms with Crippen LogP contribution >= 0.6 is 11.3 Å². The normalized spacial score (nSPS) is 30.4. The number of hydrogen-bond donors (Lipinski definition) is 1. The van der Waals surface area contributed by atoms with E-state index in [-0.39, 0.29) is 18.1 Å². The highest BCUT2D eigenvalue weighted by Gasteiger charge is 2.40. The molecule has 0 spiro atoms. The predicted molar refractivity (Wildman–Crippen MR) is 79.5 cm³/mol. The summed E-state index contributed by atoms with van der Waals surface area (Å²) in [5.74, 6) is 0.747. The fraction of sp³-hybridized carbons (Fsp3) is 0.667. The molecule has 1 aromatic rings. The molecule has 1 aromatic heterocycles. The van der Waals surface area contributed by atoms with Crippen molar-refractivity contribution in [3.63, 3.8) is 0 Å². The molecule has 3 heterocycles. The van der Waals surface area contributed by atoms with Crippen LogP contribution in [0.5, 0.6) is 0 Å². The molecule has 4 nitrogen and oxygen atoms in total. The van der Waals surface area contributed by atoms with Crippen molar-refractivity contribution in [3.8, 4) is 0 Å². The Morgan fingerprint density at radius 2 is 2.45 bits per heavy atom. The maximum absolute atomic E-state index is 12.6. The largest absolute Gasteiger partial charge is 0.381 e. The number of nitrogens with zero attached hydrogens (tertiary/aromatic N) is 1. The molecule has 3 rings (SSSR count). The molecule has 20 heavy (non-hydrogen) atoms. The Morgan fingerprint density at radius 3 is 3.10 bits per heavy atom. The minimum absolute atomic E-state index is 0.0211. The summed E-state index contributed by atoms with van der Waals surface area (Å²) in [6.07, 6.45) is 3.06. The van der Waals surface area contributed by atoms with Gasteiger partial charge in [0.05, 0.1) is 12.6 Å². The summed E-state index contributed by atoms with van der Waals surface area (Å²) in [6.45, 7) is 4.56. The third-order valence-electron chi connectivity index (χ3n) is 4.17. The molecule has 3 atom stereocenters. The third kappa shape index (κ3) is 2.75. The second-order valence-corrected chi connectivity index (χ2v) is 6.47. The molecule has 2 saturated heterocycles. The maximum atomic E-state index is 12.6. The van der Waals surface area contributed by atoms with E-state index in [2.05, 4.69) is 29.1 Å². The van der Waals surface area contributed by atoms with Crippen LogP contribution < -0.4 is 5.32 Å². The number of hydrogen-bond acceptors (Lipinski definition) is 4. The fourth-order valence-corrected chi connectivity index (χ4v) is 3.76. The smallest absolute Gasteiger partial charge is 0.241 e. The van der Waals surface area contributed by atoms with Gasteiger partial charge in [-0.1, -0.05) is 13.3 Å². The Bertz CT molecular complexity index is 443. The quantitative estimate of drug-likeness (QED) is 0.906. The number of thiophene rings is 1. The lowest BCUT2D eigenvalue weighted by molar-refractivity contribution is -0.130. The molecule has 0 aromatic carbocycles. The summed E-state index contributed by atoms with van der Waals surface area (Å²) < 4.78 is 5.45. The molecule has 5 heteroatoms. The number of carbonyl (C=O) groups excluding carboxylic acids is 1. The Hall–Kier alpha value is -0.910. The number of rotatable bonds is 5. The standard InChI is InChI=1S/C15H22N2O2S/c1-2-3-13-15(18)17(8-11-4-6-19-9-11)14(16-13)12-5-7-20-10-12/h5,7,10-11,13-14,16H,2-4,6,8-9H2,1H3. The van der Waals surface area contributed by atoms with E-state index >= 15 is 0 Å². The van der Waals surface area contributed by atoms with Crippen LogP contribution in [0.15, 0.2) is 16.8 Å². The highest BCUT2D eigenvalue weighted by Crippen LogP contribution is 2.30. The molecule has 3 unspecified atom stereocenters. The first-order valence-electron chi connectivity index (χ1n) is 7.46. The van der Waals surface area contributed by atoms with Crippen molar-refractivity contribution in [2.75, 3.05) is 19.8 Å². The van der Waals surface area contributed by atoms with Gasteiger partial charge in [0.25, 0.3) is 0 Å². The predicted octanol–water partition coefficient (Wildman–Crippen LogP) is 2.38. The van der Waals surface area contributed by atoms with Gasteiger partial charge < -0.3 is 9.64 Å². The van der Waals surface area contributed by atoms with Crippen molar-refractivity contribution < 1.29 is 9.53 Å². The number of carbonyl (C=O) groups is 1. The van der Waals surface area contributed by atoms with Gasteiger partial charge >= 0.3 is 0 Å². The summed E-state index contributed by atoms with van der Waals surface area (Å²) in [4.78, 5) is 14.6. The SMILES string of the molecule is CCCC1NC(c2ccsc2)N(CC2CCOC2)C1=O. The molecular formula is C15H22N2O2S. The van der Waals surface area contributed by atoms with E-state index in [1.54, 1.807) is 11.3 Å². The Kier molecular flexibility index (Phi) is 4.38. The van der Waals surface area contributed by atoms with Gasteiger partial charge in [-0.05, 0) is 35.2 Å². The van der Waals surface area contributed by atoms with Crippen molar-refractivity contribution in [1.29, 1.82) is 0 Å². The average Bonchev–Trinajstić information content (AvgIpc) is 3.16. The highest BCUT2D eigenvalue weighted by atomic mass is 32.1. The van der Waals surface area contributed by atoms with Gasteiger partial charge in [-0.25, -0.2) is 0 Å². The first-order valence-corrected chi connectivity index (χ1v) is 8.40. The average molecular weight is 294 g/mol. The molecular weight excluding hydrogens is 272 g/mol. The van der Waals surface area contributed by atoms with Crippen LogP contribution in [0, 0.1) is 5.92 Å². The molecule has 1 amide bonds. The first-order chi connectivity index (χ1) is 9.79. The summed E-state index contributed by atoms with van der Waals surface area (Å²) in [6, 6.07) is 2.09. The fourth-order valence-electron chi connectivity index (χ4n) is 3.08. The Balaban J connectivity index is 1.76. The molecule has 2 fully saturated rings. The lowest BCUT2D eigenvalue weighted by atomic mass is 10.1. The number of ether oxygens (including phenoxy) is 1. The van der Waals surface area contributed by atoms with Gasteiger partial charge in [0.2, 0.25) is 5.91 Å². The summed E-state index contributed by atoms with van der Waals surface area (Å²) >= 11 is 1.68. The summed E-state index contributed by atoms with van der Waals surface area (Å²) in [7, 11) is 0. The van der Waals surface area contributed by atoms with Crippen LogP contribution in [0.3, 0.4) is 0 Å². The molecule has 0 saturated carbocycles. The van der Waals surface area contributed by atoms with E-state index in [9.17, 15) is 4.79 Å². The van der Waals surface area contributed by atoms with E-state index in [0.717, 1.165) is 39.0 Å². The van der Waals surface area contributed by atoms with Crippen molar-refractivity contribution in [2.24, 2.45) is 5.92 Å². The summed E-state index contributed by atoms with van der Waals surface area (Å²) in [5, 5.41) is 7.72. The van der Waals surface area contributed by atoms with Crippen molar-refractivity contribution in [3.05, 3.63) is 22.4 Å². The number of nitrogens with one attached hydrogen (secondary N) is 1. The Morgan fingerprint density at radius 1 is 1.55 bits per heavy atom. The minimum Gasteiger partial charge on any atom is -0.381 e. The van der Waals surface area contributed by atoms with Gasteiger partial charge in [0, 0.05) is 19.1 Å². The zero-order valence-corrected chi connectivity index (χ0v) is 12.7. The van der Waals surface area contributed by atoms with E-state index < -0.39 is 0 Å². The van der Waals surface area contributed by atoms with E-state index in [4.69, 9.17) is 4.74 Å². The van der Waals surface area contributed by atoms with Crippen LogP contribution in [-0.2, 0) is 9.53 Å². The zero-order valence-electron chi connectivity index (χ0n) is 11.9. The molecule has 2 aliphatic rings. The van der Waals surface area contributed by atoms with E-state index in [1.165, 1.54) is 5.56 Å².